The van der Waals surface area contributed by atoms with E-state index in [9.17, 15) is 9.59 Å². The number of benzene rings is 2. The number of anilines is 2. The average Bonchev–Trinajstić information content (AvgIpc) is 2.96. The van der Waals surface area contributed by atoms with E-state index in [2.05, 4.69) is 26.6 Å². The third-order valence-corrected chi connectivity index (χ3v) is 4.50. The Morgan fingerprint density at radius 1 is 1.27 bits per heavy atom. The smallest absolute Gasteiger partial charge is 0.319 e. The lowest BCUT2D eigenvalue weighted by Crippen LogP contribution is -2.39. The molecule has 2 aromatic rings. The summed E-state index contributed by atoms with van der Waals surface area (Å²) < 4.78 is 6.30. The number of amides is 3. The van der Waals surface area contributed by atoms with Crippen molar-refractivity contribution in [2.75, 3.05) is 23.4 Å². The predicted molar refractivity (Wildman–Crippen MR) is 105 cm³/mol. The molecule has 0 spiro atoms. The lowest BCUT2D eigenvalue weighted by molar-refractivity contribution is -0.117. The monoisotopic (exact) mass is 417 g/mol. The molecule has 1 fully saturated rings. The molecule has 0 aromatic heterocycles. The van der Waals surface area contributed by atoms with Gasteiger partial charge in [-0.1, -0.05) is 22.0 Å². The lowest BCUT2D eigenvalue weighted by atomic mass is 10.2. The van der Waals surface area contributed by atoms with Gasteiger partial charge in [-0.15, -0.1) is 0 Å². The maximum atomic E-state index is 12.3. The van der Waals surface area contributed by atoms with Gasteiger partial charge in [0.25, 0.3) is 0 Å². The van der Waals surface area contributed by atoms with E-state index in [0.29, 0.717) is 18.8 Å². The summed E-state index contributed by atoms with van der Waals surface area (Å²) in [7, 11) is 0. The average molecular weight is 418 g/mol. The van der Waals surface area contributed by atoms with Gasteiger partial charge >= 0.3 is 6.03 Å². The van der Waals surface area contributed by atoms with E-state index >= 15 is 0 Å². The number of hydrogen-bond acceptors (Lipinski definition) is 3. The highest BCUT2D eigenvalue weighted by Gasteiger charge is 2.31. The standard InChI is InChI=1S/C19H20BrN3O3/c1-2-26-17-8-6-16(7-9-17)23-12-15(11-18(23)24)22-19(25)21-14-5-3-4-13(20)10-14/h3-10,15H,2,11-12H2,1H3,(H2,21,22,25). The largest absolute Gasteiger partial charge is 0.494 e. The Bertz CT molecular complexity index is 795. The van der Waals surface area contributed by atoms with Crippen molar-refractivity contribution in [3.8, 4) is 5.75 Å². The topological polar surface area (TPSA) is 70.7 Å². The first-order valence-corrected chi connectivity index (χ1v) is 9.21. The van der Waals surface area contributed by atoms with Crippen molar-refractivity contribution in [1.82, 2.24) is 5.32 Å². The molecule has 7 heteroatoms. The van der Waals surface area contributed by atoms with Crippen molar-refractivity contribution in [2.24, 2.45) is 0 Å². The third-order valence-electron chi connectivity index (χ3n) is 4.00. The maximum Gasteiger partial charge on any atom is 0.319 e. The van der Waals surface area contributed by atoms with Crippen molar-refractivity contribution in [1.29, 1.82) is 0 Å². The minimum atomic E-state index is -0.325. The van der Waals surface area contributed by atoms with Crippen molar-refractivity contribution in [3.63, 3.8) is 0 Å². The van der Waals surface area contributed by atoms with E-state index in [1.807, 2.05) is 49.4 Å². The van der Waals surface area contributed by atoms with E-state index in [1.54, 1.807) is 11.0 Å². The van der Waals surface area contributed by atoms with Gasteiger partial charge in [0, 0.05) is 28.8 Å². The highest BCUT2D eigenvalue weighted by atomic mass is 79.9. The number of ether oxygens (including phenoxy) is 1. The molecule has 3 amide bonds. The van der Waals surface area contributed by atoms with Crippen LogP contribution >= 0.6 is 15.9 Å². The Morgan fingerprint density at radius 3 is 2.73 bits per heavy atom. The van der Waals surface area contributed by atoms with Crippen LogP contribution in [0.2, 0.25) is 0 Å². The molecule has 1 heterocycles. The molecule has 26 heavy (non-hydrogen) atoms. The molecule has 2 N–H and O–H groups in total. The number of urea groups is 1. The summed E-state index contributed by atoms with van der Waals surface area (Å²) in [6.07, 6.45) is 0.277. The predicted octanol–water partition coefficient (Wildman–Crippen LogP) is 3.77. The highest BCUT2D eigenvalue weighted by molar-refractivity contribution is 9.10. The molecule has 0 saturated carbocycles. The molecule has 0 aliphatic carbocycles. The molecule has 2 aromatic carbocycles. The molecule has 6 nitrogen and oxygen atoms in total. The van der Waals surface area contributed by atoms with Gasteiger partial charge in [0.05, 0.1) is 12.6 Å². The van der Waals surface area contributed by atoms with Crippen LogP contribution in [0.25, 0.3) is 0 Å². The second kappa shape index (κ2) is 8.23. The Hall–Kier alpha value is -2.54. The molecular formula is C19H20BrN3O3. The van der Waals surface area contributed by atoms with Crippen LogP contribution in [0.15, 0.2) is 53.0 Å². The van der Waals surface area contributed by atoms with Crippen LogP contribution in [-0.4, -0.2) is 31.1 Å². The minimum Gasteiger partial charge on any atom is -0.494 e. The van der Waals surface area contributed by atoms with Gasteiger partial charge in [-0.05, 0) is 49.4 Å². The van der Waals surface area contributed by atoms with E-state index in [1.165, 1.54) is 0 Å². The number of nitrogens with one attached hydrogen (secondary N) is 2. The second-order valence-electron chi connectivity index (χ2n) is 5.94. The molecule has 0 bridgehead atoms. The summed E-state index contributed by atoms with van der Waals surface area (Å²) in [5.41, 5.74) is 1.49. The fourth-order valence-electron chi connectivity index (χ4n) is 2.86. The third kappa shape index (κ3) is 4.54. The number of carbonyl (C=O) groups is 2. The Morgan fingerprint density at radius 2 is 2.04 bits per heavy atom. The Labute approximate surface area is 160 Å². The Balaban J connectivity index is 1.58. The molecule has 0 radical (unpaired) electrons. The zero-order valence-electron chi connectivity index (χ0n) is 14.4. The van der Waals surface area contributed by atoms with Crippen LogP contribution in [0.5, 0.6) is 5.75 Å². The zero-order chi connectivity index (χ0) is 18.5. The molecular weight excluding hydrogens is 398 g/mol. The lowest BCUT2D eigenvalue weighted by Gasteiger charge is -2.18. The quantitative estimate of drug-likeness (QED) is 0.777. The van der Waals surface area contributed by atoms with E-state index < -0.39 is 0 Å². The van der Waals surface area contributed by atoms with Crippen LogP contribution in [0.3, 0.4) is 0 Å². The van der Waals surface area contributed by atoms with Crippen molar-refractivity contribution in [2.45, 2.75) is 19.4 Å². The van der Waals surface area contributed by atoms with Gasteiger partial charge in [0.2, 0.25) is 5.91 Å². The number of rotatable bonds is 5. The first-order chi connectivity index (χ1) is 12.5. The normalized spacial score (nSPS) is 16.5. The molecule has 1 aliphatic heterocycles. The van der Waals surface area contributed by atoms with Crippen molar-refractivity contribution >= 4 is 39.2 Å². The summed E-state index contributed by atoms with van der Waals surface area (Å²) >= 11 is 3.36. The second-order valence-corrected chi connectivity index (χ2v) is 6.86. The fourth-order valence-corrected chi connectivity index (χ4v) is 3.26. The molecule has 3 rings (SSSR count). The van der Waals surface area contributed by atoms with Crippen LogP contribution in [-0.2, 0) is 4.79 Å². The summed E-state index contributed by atoms with van der Waals surface area (Å²) in [6.45, 7) is 2.97. The SMILES string of the molecule is CCOc1ccc(N2CC(NC(=O)Nc3cccc(Br)c3)CC2=O)cc1. The fraction of sp³-hybridized carbons (Fsp3) is 0.263. The number of halogens is 1. The van der Waals surface area contributed by atoms with Crippen LogP contribution < -0.4 is 20.3 Å². The van der Waals surface area contributed by atoms with Gasteiger partial charge in [-0.2, -0.15) is 0 Å². The summed E-state index contributed by atoms with van der Waals surface area (Å²) in [4.78, 5) is 26.1. The van der Waals surface area contributed by atoms with Crippen molar-refractivity contribution < 1.29 is 14.3 Å². The molecule has 1 aliphatic rings. The maximum absolute atomic E-state index is 12.3. The number of carbonyl (C=O) groups excluding carboxylic acids is 2. The Kier molecular flexibility index (Phi) is 5.78. The minimum absolute atomic E-state index is 0.0121. The number of hydrogen-bond donors (Lipinski definition) is 2. The van der Waals surface area contributed by atoms with Gasteiger partial charge in [0.1, 0.15) is 5.75 Å². The zero-order valence-corrected chi connectivity index (χ0v) is 16.0. The highest BCUT2D eigenvalue weighted by Crippen LogP contribution is 2.24. The summed E-state index contributed by atoms with van der Waals surface area (Å²) in [5.74, 6) is 0.757. The number of nitrogens with zero attached hydrogens (tertiary/aromatic N) is 1. The first kappa shape index (κ1) is 18.3. The molecule has 136 valence electrons. The molecule has 1 saturated heterocycles. The van der Waals surface area contributed by atoms with Gasteiger partial charge in [0.15, 0.2) is 0 Å². The summed E-state index contributed by atoms with van der Waals surface area (Å²) in [6, 6.07) is 14.2. The summed E-state index contributed by atoms with van der Waals surface area (Å²) in [5, 5.41) is 5.63. The van der Waals surface area contributed by atoms with Crippen LogP contribution in [0.1, 0.15) is 13.3 Å². The van der Waals surface area contributed by atoms with Gasteiger partial charge < -0.3 is 20.3 Å². The van der Waals surface area contributed by atoms with Gasteiger partial charge in [-0.25, -0.2) is 4.79 Å². The van der Waals surface area contributed by atoms with Crippen molar-refractivity contribution in [3.05, 3.63) is 53.0 Å². The van der Waals surface area contributed by atoms with Gasteiger partial charge in [-0.3, -0.25) is 4.79 Å². The van der Waals surface area contributed by atoms with E-state index in [0.717, 1.165) is 15.9 Å². The molecule has 1 atom stereocenters. The van der Waals surface area contributed by atoms with Crippen LogP contribution in [0, 0.1) is 0 Å². The van der Waals surface area contributed by atoms with E-state index in [4.69, 9.17) is 4.74 Å². The van der Waals surface area contributed by atoms with E-state index in [-0.39, 0.29) is 24.4 Å². The first-order valence-electron chi connectivity index (χ1n) is 8.41. The molecule has 1 unspecified atom stereocenters. The van der Waals surface area contributed by atoms with Crippen LogP contribution in [0.4, 0.5) is 16.2 Å².